The molecule has 0 N–H and O–H groups in total. The van der Waals surface area contributed by atoms with Crippen molar-refractivity contribution < 1.29 is 22.6 Å². The number of isocyanates is 2. The van der Waals surface area contributed by atoms with E-state index in [1.54, 1.807) is 18.4 Å². The average molecular weight is 444 g/mol. The van der Waals surface area contributed by atoms with Crippen LogP contribution in [0.3, 0.4) is 0 Å². The van der Waals surface area contributed by atoms with Crippen molar-refractivity contribution in [2.45, 2.75) is 70.1 Å². The molecule has 0 aromatic heterocycles. The minimum Gasteiger partial charge on any atom is -0.437 e. The highest BCUT2D eigenvalue weighted by Gasteiger charge is 2.41. The summed E-state index contributed by atoms with van der Waals surface area (Å²) in [7, 11) is -6.44. The van der Waals surface area contributed by atoms with Crippen LogP contribution in [-0.2, 0) is 22.6 Å². The summed E-state index contributed by atoms with van der Waals surface area (Å²) < 4.78 is 18.0. The summed E-state index contributed by atoms with van der Waals surface area (Å²) >= 11 is 0. The lowest BCUT2D eigenvalue weighted by Gasteiger charge is -2.40. The van der Waals surface area contributed by atoms with Crippen LogP contribution in [0.5, 0.6) is 0 Å². The molecule has 11 heteroatoms. The van der Waals surface area contributed by atoms with E-state index in [2.05, 4.69) is 42.7 Å². The van der Waals surface area contributed by atoms with Gasteiger partial charge in [-0.3, -0.25) is 0 Å². The van der Waals surface area contributed by atoms with Crippen molar-refractivity contribution in [3.05, 3.63) is 0 Å². The summed E-state index contributed by atoms with van der Waals surface area (Å²) in [6.45, 7) is 12.0. The standard InChI is InChI=1S/C17H33N3O5Si3/c1-26(2,12-8-11-23-15-18)24-27(3,4)25-28(5,13-6-9-19-16-21)14-7-10-20-17-22/h6-14H2,1-5H3. The van der Waals surface area contributed by atoms with Gasteiger partial charge in [0, 0.05) is 0 Å². The maximum absolute atomic E-state index is 10.3. The fraction of sp³-hybridized carbons (Fsp3) is 0.824. The minimum atomic E-state index is -2.38. The molecule has 0 fully saturated rings. The molecule has 0 aliphatic rings. The van der Waals surface area contributed by atoms with Gasteiger partial charge in [0.15, 0.2) is 16.6 Å². The second-order valence-corrected chi connectivity index (χ2v) is 20.4. The Labute approximate surface area is 171 Å². The van der Waals surface area contributed by atoms with E-state index in [4.69, 9.17) is 18.2 Å². The third-order valence-electron chi connectivity index (χ3n) is 4.18. The highest BCUT2D eigenvalue weighted by molar-refractivity contribution is 6.88. The maximum Gasteiger partial charge on any atom is 0.311 e. The van der Waals surface area contributed by atoms with Crippen LogP contribution in [0.15, 0.2) is 9.98 Å². The Hall–Kier alpha value is -1.38. The number of aliphatic imine (C=N–C) groups is 2. The van der Waals surface area contributed by atoms with Gasteiger partial charge >= 0.3 is 8.56 Å². The molecule has 0 aromatic rings. The van der Waals surface area contributed by atoms with Crippen LogP contribution in [-0.4, -0.2) is 57.1 Å². The van der Waals surface area contributed by atoms with Crippen molar-refractivity contribution in [1.29, 1.82) is 5.26 Å². The van der Waals surface area contributed by atoms with Gasteiger partial charge in [-0.2, -0.15) is 5.26 Å². The predicted molar refractivity (Wildman–Crippen MR) is 115 cm³/mol. The van der Waals surface area contributed by atoms with Crippen molar-refractivity contribution in [2.24, 2.45) is 9.98 Å². The van der Waals surface area contributed by atoms with Crippen LogP contribution >= 0.6 is 0 Å². The Bertz CT molecular complexity index is 573. The first-order valence-electron chi connectivity index (χ1n) is 9.58. The summed E-state index contributed by atoms with van der Waals surface area (Å²) in [5.41, 5.74) is 0. The van der Waals surface area contributed by atoms with Crippen LogP contribution in [0.25, 0.3) is 0 Å². The van der Waals surface area contributed by atoms with Crippen molar-refractivity contribution in [2.75, 3.05) is 19.7 Å². The Morgan fingerprint density at radius 3 is 1.82 bits per heavy atom. The van der Waals surface area contributed by atoms with Gasteiger partial charge in [0.05, 0.1) is 13.1 Å². The number of carbonyl (C=O) groups excluding carboxylic acids is 2. The summed E-state index contributed by atoms with van der Waals surface area (Å²) in [5.74, 6) is 0. The number of nitrogens with zero attached hydrogens (tertiary/aromatic N) is 3. The number of nitriles is 1. The second kappa shape index (κ2) is 13.7. The third-order valence-corrected chi connectivity index (χ3v) is 16.7. The molecule has 0 aliphatic heterocycles. The van der Waals surface area contributed by atoms with Gasteiger partial charge in [-0.05, 0) is 70.1 Å². The smallest absolute Gasteiger partial charge is 0.311 e. The molecular formula is C17H33N3O5Si3. The zero-order valence-electron chi connectivity index (χ0n) is 17.7. The fourth-order valence-electron chi connectivity index (χ4n) is 3.33. The quantitative estimate of drug-likeness (QED) is 0.118. The summed E-state index contributed by atoms with van der Waals surface area (Å²) in [6.07, 6.45) is 7.17. The van der Waals surface area contributed by atoms with Gasteiger partial charge < -0.3 is 13.0 Å². The van der Waals surface area contributed by atoms with E-state index in [0.717, 1.165) is 37.4 Å². The van der Waals surface area contributed by atoms with Gasteiger partial charge in [0.1, 0.15) is 6.61 Å². The molecule has 0 saturated carbocycles. The molecule has 0 amide bonds. The van der Waals surface area contributed by atoms with E-state index in [1.165, 1.54) is 0 Å². The molecule has 0 unspecified atom stereocenters. The largest absolute Gasteiger partial charge is 0.437 e. The van der Waals surface area contributed by atoms with Gasteiger partial charge in [-0.1, -0.05) is 0 Å². The Balaban J connectivity index is 4.93. The van der Waals surface area contributed by atoms with Crippen molar-refractivity contribution >= 4 is 37.4 Å². The molecule has 28 heavy (non-hydrogen) atoms. The van der Waals surface area contributed by atoms with Crippen LogP contribution < -0.4 is 0 Å². The molecule has 8 nitrogen and oxygen atoms in total. The van der Waals surface area contributed by atoms with E-state index in [1.807, 2.05) is 0 Å². The van der Waals surface area contributed by atoms with Crippen molar-refractivity contribution in [3.63, 3.8) is 0 Å². The van der Waals surface area contributed by atoms with Crippen molar-refractivity contribution in [1.82, 2.24) is 0 Å². The first-order valence-corrected chi connectivity index (χ1v) is 18.3. The van der Waals surface area contributed by atoms with Gasteiger partial charge in [0.2, 0.25) is 12.2 Å². The number of rotatable bonds is 16. The predicted octanol–water partition coefficient (Wildman–Crippen LogP) is 3.84. The van der Waals surface area contributed by atoms with Crippen LogP contribution in [0.1, 0.15) is 19.3 Å². The lowest BCUT2D eigenvalue weighted by atomic mass is 10.5. The van der Waals surface area contributed by atoms with Crippen LogP contribution in [0, 0.1) is 11.5 Å². The van der Waals surface area contributed by atoms with Crippen molar-refractivity contribution in [3.8, 4) is 6.26 Å². The first-order chi connectivity index (χ1) is 13.1. The fourth-order valence-corrected chi connectivity index (χ4v) is 18.2. The Morgan fingerprint density at radius 2 is 1.36 bits per heavy atom. The van der Waals surface area contributed by atoms with Gasteiger partial charge in [-0.25, -0.2) is 19.6 Å². The van der Waals surface area contributed by atoms with E-state index in [-0.39, 0.29) is 0 Å². The Kier molecular flexibility index (Phi) is 13.1. The highest BCUT2D eigenvalue weighted by atomic mass is 28.5. The summed E-state index contributed by atoms with van der Waals surface area (Å²) in [5, 5.41) is 8.46. The van der Waals surface area contributed by atoms with Crippen LogP contribution in [0.4, 0.5) is 0 Å². The highest BCUT2D eigenvalue weighted by Crippen LogP contribution is 2.29. The molecule has 0 bridgehead atoms. The summed E-state index contributed by atoms with van der Waals surface area (Å²) in [6, 6.07) is 2.62. The molecule has 0 spiro atoms. The average Bonchev–Trinajstić information content (AvgIpc) is 2.58. The second-order valence-electron chi connectivity index (χ2n) is 8.01. The summed E-state index contributed by atoms with van der Waals surface area (Å²) in [4.78, 5) is 27.8. The zero-order chi connectivity index (χ0) is 21.5. The lowest BCUT2D eigenvalue weighted by Crippen LogP contribution is -2.53. The van der Waals surface area contributed by atoms with Gasteiger partial charge in [-0.15, -0.1) is 0 Å². The number of hydrogen-bond acceptors (Lipinski definition) is 8. The molecule has 158 valence electrons. The van der Waals surface area contributed by atoms with E-state index < -0.39 is 25.2 Å². The lowest BCUT2D eigenvalue weighted by molar-refractivity contribution is 0.268. The SMILES string of the molecule is C[Si](C)(CCCOC#N)O[Si](C)(C)O[Si](C)(CCCN=C=O)CCCN=C=O. The maximum atomic E-state index is 10.3. The molecule has 0 atom stereocenters. The Morgan fingerprint density at radius 1 is 0.821 bits per heavy atom. The van der Waals surface area contributed by atoms with E-state index in [0.29, 0.717) is 19.7 Å². The normalized spacial score (nSPS) is 13.6. The third kappa shape index (κ3) is 13.7. The molecule has 0 saturated heterocycles. The molecule has 0 rings (SSSR count). The molecular weight excluding hydrogens is 410 g/mol. The molecule has 0 heterocycles. The molecule has 0 aromatic carbocycles. The number of hydrogen-bond donors (Lipinski definition) is 0. The molecule has 0 aliphatic carbocycles. The number of ether oxygens (including phenoxy) is 1. The molecule has 0 radical (unpaired) electrons. The first kappa shape index (κ1) is 26.6. The zero-order valence-corrected chi connectivity index (χ0v) is 20.7. The van der Waals surface area contributed by atoms with Crippen LogP contribution in [0.2, 0.25) is 50.9 Å². The van der Waals surface area contributed by atoms with Gasteiger partial charge in [0.25, 0.3) is 6.26 Å². The minimum absolute atomic E-state index is 0.417. The topological polar surface area (TPSA) is 110 Å². The van der Waals surface area contributed by atoms with E-state index >= 15 is 0 Å². The van der Waals surface area contributed by atoms with E-state index in [9.17, 15) is 9.59 Å². The monoisotopic (exact) mass is 443 g/mol.